The number of nitrogens with one attached hydrogen (secondary N) is 1. The molecule has 0 bridgehead atoms. The van der Waals surface area contributed by atoms with E-state index < -0.39 is 0 Å². The predicted molar refractivity (Wildman–Crippen MR) is 114 cm³/mol. The Kier molecular flexibility index (Phi) is 3.65. The molecule has 0 fully saturated rings. The van der Waals surface area contributed by atoms with Crippen molar-refractivity contribution in [2.24, 2.45) is 0 Å². The highest BCUT2D eigenvalue weighted by atomic mass is 79.9. The summed E-state index contributed by atoms with van der Waals surface area (Å²) < 4.78 is 1.10. The van der Waals surface area contributed by atoms with E-state index in [0.29, 0.717) is 0 Å². The molecule has 0 spiro atoms. The Morgan fingerprint density at radius 2 is 1.15 bits per heavy atom. The zero-order chi connectivity index (χ0) is 17.5. The summed E-state index contributed by atoms with van der Waals surface area (Å²) >= 11 is 3.49. The molecular weight excluding hydrogens is 382 g/mol. The Morgan fingerprint density at radius 3 is 1.92 bits per heavy atom. The van der Waals surface area contributed by atoms with Gasteiger partial charge in [0.2, 0.25) is 0 Å². The minimum Gasteiger partial charge on any atom is -0.354 e. The second kappa shape index (κ2) is 6.15. The smallest absolute Gasteiger partial charge is 0.0544 e. The Balaban J connectivity index is 1.62. The Morgan fingerprint density at radius 1 is 0.538 bits per heavy atom. The third-order valence-electron chi connectivity index (χ3n) is 4.91. The van der Waals surface area contributed by atoms with Crippen LogP contribution in [-0.2, 0) is 0 Å². The molecule has 5 aromatic rings. The molecule has 0 amide bonds. The van der Waals surface area contributed by atoms with Crippen LogP contribution in [0.5, 0.6) is 0 Å². The summed E-state index contributed by atoms with van der Waals surface area (Å²) in [6, 6.07) is 32.2. The molecule has 26 heavy (non-hydrogen) atoms. The molecule has 1 heterocycles. The molecular formula is C24H16BrN. The van der Waals surface area contributed by atoms with E-state index in [9.17, 15) is 0 Å². The lowest BCUT2D eigenvalue weighted by Gasteiger charge is -2.07. The van der Waals surface area contributed by atoms with Crippen molar-refractivity contribution in [2.75, 3.05) is 0 Å². The van der Waals surface area contributed by atoms with Crippen molar-refractivity contribution in [1.29, 1.82) is 0 Å². The first-order valence-corrected chi connectivity index (χ1v) is 9.45. The zero-order valence-corrected chi connectivity index (χ0v) is 15.6. The number of rotatable bonds is 2. The summed E-state index contributed by atoms with van der Waals surface area (Å²) in [6.07, 6.45) is 0. The number of aromatic amines is 1. The lowest BCUT2D eigenvalue weighted by atomic mass is 9.99. The van der Waals surface area contributed by atoms with Gasteiger partial charge in [-0.15, -0.1) is 0 Å². The van der Waals surface area contributed by atoms with Gasteiger partial charge < -0.3 is 4.98 Å². The van der Waals surface area contributed by atoms with Crippen LogP contribution in [0.2, 0.25) is 0 Å². The SMILES string of the molecule is Brc1ccc(-c2ccc(-c3cccc4c3[nH]c3ccccc34)cc2)cc1. The van der Waals surface area contributed by atoms with Gasteiger partial charge in [0.15, 0.2) is 0 Å². The highest BCUT2D eigenvalue weighted by Crippen LogP contribution is 2.34. The van der Waals surface area contributed by atoms with Crippen LogP contribution in [0.25, 0.3) is 44.1 Å². The third kappa shape index (κ3) is 2.54. The molecule has 0 aliphatic heterocycles. The van der Waals surface area contributed by atoms with Crippen LogP contribution in [0.15, 0.2) is 95.5 Å². The van der Waals surface area contributed by atoms with Crippen molar-refractivity contribution in [3.63, 3.8) is 0 Å². The normalized spacial score (nSPS) is 11.3. The summed E-state index contributed by atoms with van der Waals surface area (Å²) in [5, 5.41) is 2.55. The summed E-state index contributed by atoms with van der Waals surface area (Å²) in [7, 11) is 0. The zero-order valence-electron chi connectivity index (χ0n) is 14.0. The Hall–Kier alpha value is -2.84. The maximum Gasteiger partial charge on any atom is 0.0544 e. The van der Waals surface area contributed by atoms with Gasteiger partial charge in [-0.05, 0) is 34.9 Å². The molecule has 0 aliphatic rings. The van der Waals surface area contributed by atoms with E-state index in [2.05, 4.69) is 112 Å². The Labute approximate surface area is 160 Å². The number of benzene rings is 4. The first-order chi connectivity index (χ1) is 12.8. The third-order valence-corrected chi connectivity index (χ3v) is 5.44. The average molecular weight is 398 g/mol. The molecule has 1 N–H and O–H groups in total. The summed E-state index contributed by atoms with van der Waals surface area (Å²) in [5.41, 5.74) is 7.30. The largest absolute Gasteiger partial charge is 0.354 e. The fraction of sp³-hybridized carbons (Fsp3) is 0. The van der Waals surface area contributed by atoms with Crippen LogP contribution in [0, 0.1) is 0 Å². The molecule has 0 saturated heterocycles. The van der Waals surface area contributed by atoms with Gasteiger partial charge in [0.05, 0.1) is 5.52 Å². The minimum atomic E-state index is 1.10. The quantitative estimate of drug-likeness (QED) is 0.319. The molecule has 0 aliphatic carbocycles. The Bertz CT molecular complexity index is 1220. The fourth-order valence-corrected chi connectivity index (χ4v) is 3.86. The van der Waals surface area contributed by atoms with Gasteiger partial charge in [-0.1, -0.05) is 88.7 Å². The standard InChI is InChI=1S/C24H16BrN/c25-19-14-12-17(13-15-19)16-8-10-18(11-9-16)20-5-3-6-22-21-4-1-2-7-23(21)26-24(20)22/h1-15,26H. The topological polar surface area (TPSA) is 15.8 Å². The van der Waals surface area contributed by atoms with E-state index in [4.69, 9.17) is 0 Å². The number of H-pyrrole nitrogens is 1. The molecule has 0 unspecified atom stereocenters. The van der Waals surface area contributed by atoms with Gasteiger partial charge in [0, 0.05) is 26.3 Å². The summed E-state index contributed by atoms with van der Waals surface area (Å²) in [5.74, 6) is 0. The maximum atomic E-state index is 3.59. The van der Waals surface area contributed by atoms with Gasteiger partial charge in [0.1, 0.15) is 0 Å². The van der Waals surface area contributed by atoms with E-state index in [-0.39, 0.29) is 0 Å². The van der Waals surface area contributed by atoms with E-state index in [1.165, 1.54) is 44.1 Å². The van der Waals surface area contributed by atoms with E-state index in [1.54, 1.807) is 0 Å². The van der Waals surface area contributed by atoms with Gasteiger partial charge >= 0.3 is 0 Å². The van der Waals surface area contributed by atoms with Crippen LogP contribution < -0.4 is 0 Å². The molecule has 0 radical (unpaired) electrons. The predicted octanol–water partition coefficient (Wildman–Crippen LogP) is 7.42. The van der Waals surface area contributed by atoms with Crippen molar-refractivity contribution < 1.29 is 0 Å². The van der Waals surface area contributed by atoms with Crippen LogP contribution in [0.4, 0.5) is 0 Å². The number of halogens is 1. The van der Waals surface area contributed by atoms with Crippen LogP contribution in [-0.4, -0.2) is 4.98 Å². The number of para-hydroxylation sites is 2. The lowest BCUT2D eigenvalue weighted by molar-refractivity contribution is 1.53. The number of hydrogen-bond donors (Lipinski definition) is 1. The number of hydrogen-bond acceptors (Lipinski definition) is 0. The van der Waals surface area contributed by atoms with Gasteiger partial charge in [0.25, 0.3) is 0 Å². The van der Waals surface area contributed by atoms with Crippen LogP contribution in [0.1, 0.15) is 0 Å². The maximum absolute atomic E-state index is 3.59. The van der Waals surface area contributed by atoms with Gasteiger partial charge in [-0.3, -0.25) is 0 Å². The molecule has 1 nitrogen and oxygen atoms in total. The molecule has 5 rings (SSSR count). The molecule has 1 aromatic heterocycles. The highest BCUT2D eigenvalue weighted by molar-refractivity contribution is 9.10. The van der Waals surface area contributed by atoms with Crippen molar-refractivity contribution in [3.8, 4) is 22.3 Å². The van der Waals surface area contributed by atoms with Crippen LogP contribution in [0.3, 0.4) is 0 Å². The number of aromatic nitrogens is 1. The van der Waals surface area contributed by atoms with E-state index in [1.807, 2.05) is 0 Å². The fourth-order valence-electron chi connectivity index (χ4n) is 3.60. The first-order valence-electron chi connectivity index (χ1n) is 8.65. The van der Waals surface area contributed by atoms with E-state index >= 15 is 0 Å². The second-order valence-electron chi connectivity index (χ2n) is 6.48. The van der Waals surface area contributed by atoms with Gasteiger partial charge in [-0.2, -0.15) is 0 Å². The minimum absolute atomic E-state index is 1.10. The first kappa shape index (κ1) is 15.4. The highest BCUT2D eigenvalue weighted by Gasteiger charge is 2.09. The van der Waals surface area contributed by atoms with Crippen molar-refractivity contribution in [3.05, 3.63) is 95.5 Å². The van der Waals surface area contributed by atoms with Crippen molar-refractivity contribution >= 4 is 37.7 Å². The van der Waals surface area contributed by atoms with Crippen molar-refractivity contribution in [2.45, 2.75) is 0 Å². The molecule has 4 aromatic carbocycles. The summed E-state index contributed by atoms with van der Waals surface area (Å²) in [4.78, 5) is 3.59. The van der Waals surface area contributed by atoms with Crippen molar-refractivity contribution in [1.82, 2.24) is 4.98 Å². The van der Waals surface area contributed by atoms with Crippen LogP contribution >= 0.6 is 15.9 Å². The van der Waals surface area contributed by atoms with E-state index in [0.717, 1.165) is 4.47 Å². The molecule has 0 atom stereocenters. The molecule has 2 heteroatoms. The average Bonchev–Trinajstić information content (AvgIpc) is 3.08. The molecule has 124 valence electrons. The summed E-state index contributed by atoms with van der Waals surface area (Å²) in [6.45, 7) is 0. The van der Waals surface area contributed by atoms with Gasteiger partial charge in [-0.25, -0.2) is 0 Å². The molecule has 0 saturated carbocycles. The lowest BCUT2D eigenvalue weighted by Crippen LogP contribution is -1.82. The second-order valence-corrected chi connectivity index (χ2v) is 7.40. The monoisotopic (exact) mass is 397 g/mol. The number of fused-ring (bicyclic) bond motifs is 3.